The number of rotatable bonds is 2. The normalized spacial score (nSPS) is 47.4. The molecule has 2 aromatic carbocycles. The van der Waals surface area contributed by atoms with Gasteiger partial charge in [-0.2, -0.15) is 5.26 Å². The number of likely N-dealkylation sites (N-methyl/N-ethyl adjacent to an activating group) is 1. The van der Waals surface area contributed by atoms with E-state index in [2.05, 4.69) is 135 Å². The van der Waals surface area contributed by atoms with E-state index in [1.165, 1.54) is 60.7 Å². The molecule has 0 aromatic heterocycles. The summed E-state index contributed by atoms with van der Waals surface area (Å²) in [6.07, 6.45) is 14.3. The van der Waals surface area contributed by atoms with E-state index in [1.807, 2.05) is 0 Å². The van der Waals surface area contributed by atoms with Gasteiger partial charge < -0.3 is 19.7 Å². The standard InChI is InChI=1S/C27H34N2O2.C27H37NO2.C2H4N2.CH4/c1-15-7-8-16-11-26-13-27-18(16)19(15)31-21(27)23(5)9-10-25(27,20(26)29(26)14-28)12-17(23)24(6,30)22(2,3)4;1-15-8-9-16-12-26-14-27-18(16)19(15)30-21(27)23(5)10-11-25(27,20(26)28(26)7)13-17(23)24(6,29)22(2,3)4;1-4-2-3;/h7-8,17,20-21,30H,9-13H2,1-6H3;8-9,17,20-21,29H,10-14H2,1-7H3;3H,1H3;1H4/t17?,20-,21?,23?,24?,25?,26?,27-,29?;17?,20-,21?,23?,24?,25?,26?,27-,28?;;/m00../s1. The summed E-state index contributed by atoms with van der Waals surface area (Å²) in [5.74, 6) is 2.76. The lowest BCUT2D eigenvalue weighted by molar-refractivity contribution is -0.246. The van der Waals surface area contributed by atoms with Crippen LogP contribution in [0.15, 0.2) is 29.3 Å². The van der Waals surface area contributed by atoms with E-state index in [4.69, 9.17) is 14.9 Å². The maximum absolute atomic E-state index is 12.0. The molecular formula is C57H79N5O4. The van der Waals surface area contributed by atoms with Gasteiger partial charge in [0.2, 0.25) is 0 Å². The molecule has 66 heavy (non-hydrogen) atoms. The summed E-state index contributed by atoms with van der Waals surface area (Å²) in [6, 6.07) is 12.0. The van der Waals surface area contributed by atoms with Crippen LogP contribution >= 0.6 is 0 Å². The highest BCUT2D eigenvalue weighted by Crippen LogP contribution is 2.88. The van der Waals surface area contributed by atoms with E-state index < -0.39 is 11.2 Å². The third-order valence-electron chi connectivity index (χ3n) is 23.6. The predicted molar refractivity (Wildman–Crippen MR) is 258 cm³/mol. The first-order chi connectivity index (χ1) is 30.2. The maximum atomic E-state index is 12.0. The number of hydrogen-bond acceptors (Lipinski definition) is 9. The molecule has 2 saturated heterocycles. The quantitative estimate of drug-likeness (QED) is 0.156. The van der Waals surface area contributed by atoms with E-state index >= 15 is 0 Å². The van der Waals surface area contributed by atoms with Crippen LogP contribution in [-0.4, -0.2) is 86.7 Å². The molecule has 17 atom stereocenters. The Morgan fingerprint density at radius 2 is 1.12 bits per heavy atom. The minimum absolute atomic E-state index is 0. The molecule has 4 heterocycles. The first-order valence-electron chi connectivity index (χ1n) is 25.2. The summed E-state index contributed by atoms with van der Waals surface area (Å²) in [5.41, 5.74) is 7.41. The Hall–Kier alpha value is -3.41. The van der Waals surface area contributed by atoms with Crippen molar-refractivity contribution < 1.29 is 19.7 Å². The fourth-order valence-corrected chi connectivity index (χ4v) is 20.0. The molecular weight excluding hydrogens is 819 g/mol. The number of likely N-dealkylation sites (tertiary alicyclic amines) is 2. The van der Waals surface area contributed by atoms with Gasteiger partial charge in [0.15, 0.2) is 6.19 Å². The highest BCUT2D eigenvalue weighted by molar-refractivity contribution is 5.67. The summed E-state index contributed by atoms with van der Waals surface area (Å²) in [5, 5.41) is 40.2. The Balaban J connectivity index is 0.000000133. The average molecular weight is 898 g/mol. The molecule has 10 aliphatic carbocycles. The van der Waals surface area contributed by atoms with E-state index in [1.54, 1.807) is 17.1 Å². The second kappa shape index (κ2) is 12.3. The average Bonchev–Trinajstić information content (AvgIpc) is 3.68. The Bertz CT molecular complexity index is 2610. The summed E-state index contributed by atoms with van der Waals surface area (Å²) < 4.78 is 14.1. The van der Waals surface area contributed by atoms with Crippen LogP contribution < -0.4 is 9.47 Å². The molecule has 356 valence electrons. The van der Waals surface area contributed by atoms with Gasteiger partial charge in [0.25, 0.3) is 0 Å². The number of nitrogens with zero attached hydrogens (tertiary/aromatic N) is 4. The molecule has 13 unspecified atom stereocenters. The number of piperidine rings is 2. The molecule has 14 aliphatic rings. The molecule has 9 heteroatoms. The summed E-state index contributed by atoms with van der Waals surface area (Å²) in [6.45, 7) is 26.7. The summed E-state index contributed by atoms with van der Waals surface area (Å²) in [4.78, 5) is 8.01. The van der Waals surface area contributed by atoms with Crippen molar-refractivity contribution in [1.82, 2.24) is 9.80 Å². The van der Waals surface area contributed by atoms with Crippen molar-refractivity contribution in [3.63, 3.8) is 0 Å². The van der Waals surface area contributed by atoms with Crippen LogP contribution in [-0.2, 0) is 23.7 Å². The lowest BCUT2D eigenvalue weighted by atomic mass is 9.35. The highest BCUT2D eigenvalue weighted by Gasteiger charge is 2.93. The predicted octanol–water partition coefficient (Wildman–Crippen LogP) is 10.1. The molecule has 9 nitrogen and oxygen atoms in total. The van der Waals surface area contributed by atoms with Crippen molar-refractivity contribution >= 4 is 6.01 Å². The molecule has 10 fully saturated rings. The maximum Gasteiger partial charge on any atom is 0.180 e. The number of aryl methyl sites for hydroxylation is 2. The van der Waals surface area contributed by atoms with Gasteiger partial charge in [-0.25, -0.2) is 10.4 Å². The Morgan fingerprint density at radius 1 is 0.712 bits per heavy atom. The van der Waals surface area contributed by atoms with Crippen LogP contribution in [0.2, 0.25) is 0 Å². The van der Waals surface area contributed by atoms with Crippen molar-refractivity contribution in [1.29, 1.82) is 10.7 Å². The SMILES string of the molecule is C.CN=C=N.Cc1ccc2c3c1OC1C4(C)CCC5(CC4C(C)(O)C(C)(C)C)[C@@H]4N(C#N)C4(C2)C[C@]315.Cc1ccc2c3c1OC1C4(C)CCC5(CC4C(C)(O)C(C)(C)C)[C@@H]4N(C)C4(C2)C[C@]315. The zero-order valence-corrected chi connectivity index (χ0v) is 41.8. The van der Waals surface area contributed by atoms with Crippen molar-refractivity contribution in [3.05, 3.63) is 57.6 Å². The zero-order valence-electron chi connectivity index (χ0n) is 41.8. The lowest BCUT2D eigenvalue weighted by Gasteiger charge is -2.70. The van der Waals surface area contributed by atoms with Crippen molar-refractivity contribution in [3.8, 4) is 17.7 Å². The van der Waals surface area contributed by atoms with Crippen LogP contribution in [0.3, 0.4) is 0 Å². The first kappa shape index (κ1) is 45.1. The largest absolute Gasteiger partial charge is 0.488 e. The van der Waals surface area contributed by atoms with Gasteiger partial charge in [-0.05, 0) is 144 Å². The van der Waals surface area contributed by atoms with Crippen molar-refractivity contribution in [2.45, 2.75) is 212 Å². The second-order valence-electron chi connectivity index (χ2n) is 27.2. The first-order valence-corrected chi connectivity index (χ1v) is 25.2. The number of hydrogen-bond donors (Lipinski definition) is 3. The van der Waals surface area contributed by atoms with Gasteiger partial charge >= 0.3 is 0 Å². The molecule has 2 aromatic rings. The van der Waals surface area contributed by atoms with Crippen LogP contribution in [0, 0.1) is 75.0 Å². The van der Waals surface area contributed by atoms with Crippen LogP contribution in [0.1, 0.15) is 161 Å². The van der Waals surface area contributed by atoms with E-state index in [0.717, 1.165) is 44.3 Å². The van der Waals surface area contributed by atoms with Crippen LogP contribution in [0.25, 0.3) is 0 Å². The molecule has 3 N–H and O–H groups in total. The van der Waals surface area contributed by atoms with Gasteiger partial charge in [-0.15, -0.1) is 0 Å². The minimum atomic E-state index is -0.803. The smallest absolute Gasteiger partial charge is 0.180 e. The lowest BCUT2D eigenvalue weighted by Crippen LogP contribution is -2.73. The van der Waals surface area contributed by atoms with Gasteiger partial charge in [0.1, 0.15) is 23.7 Å². The number of fused-ring (bicyclic) bond motifs is 4. The summed E-state index contributed by atoms with van der Waals surface area (Å²) in [7, 11) is 3.88. The minimum Gasteiger partial charge on any atom is -0.488 e. The van der Waals surface area contributed by atoms with E-state index in [-0.39, 0.29) is 80.3 Å². The molecule has 6 spiro atoms. The van der Waals surface area contributed by atoms with Gasteiger partial charge in [0, 0.05) is 62.2 Å². The van der Waals surface area contributed by atoms with Gasteiger partial charge in [-0.1, -0.05) is 87.1 Å². The number of nitriles is 1. The van der Waals surface area contributed by atoms with E-state index in [0.29, 0.717) is 17.6 Å². The highest BCUT2D eigenvalue weighted by atomic mass is 16.5. The van der Waals surface area contributed by atoms with Crippen molar-refractivity contribution in [2.75, 3.05) is 14.1 Å². The second-order valence-corrected chi connectivity index (χ2v) is 27.2. The number of nitrogens with one attached hydrogen (secondary N) is 1. The molecule has 8 saturated carbocycles. The molecule has 0 amide bonds. The third kappa shape index (κ3) is 4.30. The molecule has 0 radical (unpaired) electrons. The Morgan fingerprint density at radius 3 is 1.53 bits per heavy atom. The Labute approximate surface area is 395 Å². The van der Waals surface area contributed by atoms with Crippen molar-refractivity contribution in [2.24, 2.45) is 49.3 Å². The third-order valence-corrected chi connectivity index (χ3v) is 23.6. The van der Waals surface area contributed by atoms with E-state index in [9.17, 15) is 15.5 Å². The fraction of sp³-hybridized carbons (Fsp3) is 0.754. The molecule has 4 aliphatic heterocycles. The number of ether oxygens (including phenoxy) is 2. The summed E-state index contributed by atoms with van der Waals surface area (Å²) >= 11 is 0. The fourth-order valence-electron chi connectivity index (χ4n) is 20.0. The number of aliphatic hydroxyl groups is 2. The van der Waals surface area contributed by atoms with Gasteiger partial charge in [0.05, 0.1) is 28.8 Å². The monoisotopic (exact) mass is 898 g/mol. The Kier molecular flexibility index (Phi) is 8.40. The van der Waals surface area contributed by atoms with Crippen LogP contribution in [0.5, 0.6) is 11.5 Å². The number of aliphatic imine (C=N–C) groups is 1. The van der Waals surface area contributed by atoms with Crippen LogP contribution in [0.4, 0.5) is 0 Å². The molecule has 16 rings (SSSR count). The number of benzene rings is 2. The topological polar surface area (TPSA) is 125 Å². The zero-order chi connectivity index (χ0) is 46.7. The van der Waals surface area contributed by atoms with Gasteiger partial charge in [-0.3, -0.25) is 9.80 Å². The molecule has 8 bridgehead atoms.